The maximum absolute atomic E-state index is 12.5. The van der Waals surface area contributed by atoms with Crippen molar-refractivity contribution in [2.45, 2.75) is 24.7 Å². The van der Waals surface area contributed by atoms with Crippen molar-refractivity contribution in [3.63, 3.8) is 0 Å². The van der Waals surface area contributed by atoms with E-state index in [0.717, 1.165) is 19.3 Å². The molecule has 0 aliphatic carbocycles. The second kappa shape index (κ2) is 8.44. The van der Waals surface area contributed by atoms with E-state index in [2.05, 4.69) is 0 Å². The Labute approximate surface area is 149 Å². The van der Waals surface area contributed by atoms with Gasteiger partial charge in [0, 0.05) is 45.3 Å². The molecule has 0 N–H and O–H groups in total. The van der Waals surface area contributed by atoms with Crippen LogP contribution in [0.1, 0.15) is 30.1 Å². The lowest BCUT2D eigenvalue weighted by Gasteiger charge is -2.32. The molecule has 0 radical (unpaired) electrons. The Bertz CT molecular complexity index is 695. The molecule has 1 saturated heterocycles. The fourth-order valence-corrected chi connectivity index (χ4v) is 3.87. The molecule has 1 fully saturated rings. The van der Waals surface area contributed by atoms with Crippen molar-refractivity contribution in [2.75, 3.05) is 39.8 Å². The molecule has 1 aromatic carbocycles. The number of hydrogen-bond acceptors (Lipinski definition) is 4. The van der Waals surface area contributed by atoms with Gasteiger partial charge in [0.15, 0.2) is 0 Å². The molecule has 0 unspecified atom stereocenters. The normalized spacial score (nSPS) is 15.5. The predicted molar refractivity (Wildman–Crippen MR) is 94.7 cm³/mol. The summed E-state index contributed by atoms with van der Waals surface area (Å²) in [6.07, 6.45) is 2.51. The van der Waals surface area contributed by atoms with Gasteiger partial charge in [0.1, 0.15) is 0 Å². The molecule has 0 spiro atoms. The molecule has 1 aromatic rings. The van der Waals surface area contributed by atoms with Crippen molar-refractivity contribution < 1.29 is 18.0 Å². The molecule has 0 bridgehead atoms. The molecule has 0 atom stereocenters. The third kappa shape index (κ3) is 4.58. The average Bonchev–Trinajstić information content (AvgIpc) is 2.65. The lowest BCUT2D eigenvalue weighted by molar-refractivity contribution is -0.119. The molecular weight excluding hydrogens is 342 g/mol. The summed E-state index contributed by atoms with van der Waals surface area (Å²) in [5.41, 5.74) is 0.453. The third-order valence-electron chi connectivity index (χ3n) is 4.39. The van der Waals surface area contributed by atoms with Gasteiger partial charge in [-0.25, -0.2) is 12.7 Å². The number of benzene rings is 1. The SMILES string of the molecule is CCCCN(C)S(=O)(=O)c1ccc(C(=O)N2CCN(C=O)CC2)cc1. The molecule has 0 aromatic heterocycles. The fraction of sp³-hybridized carbons (Fsp3) is 0.529. The number of rotatable bonds is 7. The van der Waals surface area contributed by atoms with Crippen LogP contribution in [0.5, 0.6) is 0 Å². The summed E-state index contributed by atoms with van der Waals surface area (Å²) in [6, 6.07) is 6.06. The summed E-state index contributed by atoms with van der Waals surface area (Å²) < 4.78 is 26.3. The molecule has 7 nitrogen and oxygen atoms in total. The highest BCUT2D eigenvalue weighted by molar-refractivity contribution is 7.89. The first-order chi connectivity index (χ1) is 11.9. The predicted octanol–water partition coefficient (Wildman–Crippen LogP) is 1.02. The number of piperazine rings is 1. The third-order valence-corrected chi connectivity index (χ3v) is 6.26. The Morgan fingerprint density at radius 3 is 2.28 bits per heavy atom. The van der Waals surface area contributed by atoms with Gasteiger partial charge in [0.2, 0.25) is 16.4 Å². The monoisotopic (exact) mass is 367 g/mol. The lowest BCUT2D eigenvalue weighted by Crippen LogP contribution is -2.48. The van der Waals surface area contributed by atoms with Crippen molar-refractivity contribution in [2.24, 2.45) is 0 Å². The lowest BCUT2D eigenvalue weighted by atomic mass is 10.2. The van der Waals surface area contributed by atoms with Gasteiger partial charge in [0.25, 0.3) is 5.91 Å². The van der Waals surface area contributed by atoms with Crippen LogP contribution in [0.2, 0.25) is 0 Å². The minimum Gasteiger partial charge on any atom is -0.342 e. The summed E-state index contributed by atoms with van der Waals surface area (Å²) in [5, 5.41) is 0. The zero-order valence-electron chi connectivity index (χ0n) is 14.7. The first-order valence-electron chi connectivity index (χ1n) is 8.45. The van der Waals surface area contributed by atoms with E-state index in [-0.39, 0.29) is 10.8 Å². The summed E-state index contributed by atoms with van der Waals surface area (Å²) in [6.45, 7) is 4.49. The van der Waals surface area contributed by atoms with Crippen molar-refractivity contribution in [3.8, 4) is 0 Å². The van der Waals surface area contributed by atoms with Gasteiger partial charge in [-0.15, -0.1) is 0 Å². The van der Waals surface area contributed by atoms with Crippen LogP contribution in [0, 0.1) is 0 Å². The Morgan fingerprint density at radius 2 is 1.76 bits per heavy atom. The Kier molecular flexibility index (Phi) is 6.55. The van der Waals surface area contributed by atoms with Gasteiger partial charge in [0.05, 0.1) is 4.90 Å². The molecule has 138 valence electrons. The van der Waals surface area contributed by atoms with Gasteiger partial charge in [-0.05, 0) is 30.7 Å². The average molecular weight is 367 g/mol. The van der Waals surface area contributed by atoms with Crippen LogP contribution < -0.4 is 0 Å². The highest BCUT2D eigenvalue weighted by Gasteiger charge is 2.23. The smallest absolute Gasteiger partial charge is 0.253 e. The first kappa shape index (κ1) is 19.4. The summed E-state index contributed by atoms with van der Waals surface area (Å²) in [7, 11) is -1.96. The van der Waals surface area contributed by atoms with Crippen LogP contribution in [0.4, 0.5) is 0 Å². The molecule has 25 heavy (non-hydrogen) atoms. The van der Waals surface area contributed by atoms with Gasteiger partial charge < -0.3 is 9.80 Å². The molecule has 1 aliphatic heterocycles. The summed E-state index contributed by atoms with van der Waals surface area (Å²) >= 11 is 0. The number of nitrogens with zero attached hydrogens (tertiary/aromatic N) is 3. The summed E-state index contributed by atoms with van der Waals surface area (Å²) in [5.74, 6) is -0.145. The number of amides is 2. The van der Waals surface area contributed by atoms with Gasteiger partial charge in [-0.3, -0.25) is 9.59 Å². The highest BCUT2D eigenvalue weighted by Crippen LogP contribution is 2.17. The van der Waals surface area contributed by atoms with Crippen molar-refractivity contribution >= 4 is 22.3 Å². The number of carbonyl (C=O) groups is 2. The van der Waals surface area contributed by atoms with E-state index in [1.807, 2.05) is 6.92 Å². The second-order valence-corrected chi connectivity index (χ2v) is 8.18. The van der Waals surface area contributed by atoms with Gasteiger partial charge in [-0.2, -0.15) is 0 Å². The molecule has 8 heteroatoms. The molecule has 2 rings (SSSR count). The number of unbranched alkanes of at least 4 members (excludes halogenated alkanes) is 1. The molecular formula is C17H25N3O4S. The van der Waals surface area contributed by atoms with Gasteiger partial charge >= 0.3 is 0 Å². The van der Waals surface area contributed by atoms with E-state index < -0.39 is 10.0 Å². The zero-order chi connectivity index (χ0) is 18.4. The Morgan fingerprint density at radius 1 is 1.16 bits per heavy atom. The van der Waals surface area contributed by atoms with E-state index in [9.17, 15) is 18.0 Å². The number of carbonyl (C=O) groups excluding carboxylic acids is 2. The van der Waals surface area contributed by atoms with E-state index in [4.69, 9.17) is 0 Å². The maximum atomic E-state index is 12.5. The molecule has 1 heterocycles. The summed E-state index contributed by atoms with van der Waals surface area (Å²) in [4.78, 5) is 26.7. The number of sulfonamides is 1. The van der Waals surface area contributed by atoms with Crippen LogP contribution in [0.25, 0.3) is 0 Å². The fourth-order valence-electron chi connectivity index (χ4n) is 2.66. The largest absolute Gasteiger partial charge is 0.342 e. The van der Waals surface area contributed by atoms with Crippen molar-refractivity contribution in [1.29, 1.82) is 0 Å². The van der Waals surface area contributed by atoms with Crippen LogP contribution in [-0.4, -0.2) is 74.6 Å². The first-order valence-corrected chi connectivity index (χ1v) is 9.89. The van der Waals surface area contributed by atoms with E-state index >= 15 is 0 Å². The highest BCUT2D eigenvalue weighted by atomic mass is 32.2. The quantitative estimate of drug-likeness (QED) is 0.674. The van der Waals surface area contributed by atoms with Crippen LogP contribution >= 0.6 is 0 Å². The molecule has 1 aliphatic rings. The zero-order valence-corrected chi connectivity index (χ0v) is 15.5. The van der Waals surface area contributed by atoms with Crippen LogP contribution in [-0.2, 0) is 14.8 Å². The maximum Gasteiger partial charge on any atom is 0.253 e. The van der Waals surface area contributed by atoms with Crippen molar-refractivity contribution in [1.82, 2.24) is 14.1 Å². The topological polar surface area (TPSA) is 78.0 Å². The Hall–Kier alpha value is -1.93. The molecule has 2 amide bonds. The standard InChI is InChI=1S/C17H25N3O4S/c1-3-4-9-18(2)25(23,24)16-7-5-15(6-8-16)17(22)20-12-10-19(14-21)11-13-20/h5-8,14H,3-4,9-13H2,1-2H3. The van der Waals surface area contributed by atoms with E-state index in [0.29, 0.717) is 38.3 Å². The Balaban J connectivity index is 2.06. The minimum atomic E-state index is -3.53. The van der Waals surface area contributed by atoms with Crippen molar-refractivity contribution in [3.05, 3.63) is 29.8 Å². The van der Waals surface area contributed by atoms with E-state index in [1.165, 1.54) is 16.4 Å². The van der Waals surface area contributed by atoms with Crippen LogP contribution in [0.3, 0.4) is 0 Å². The molecule has 0 saturated carbocycles. The minimum absolute atomic E-state index is 0.145. The van der Waals surface area contributed by atoms with Gasteiger partial charge in [-0.1, -0.05) is 13.3 Å². The second-order valence-electron chi connectivity index (χ2n) is 6.14. The van der Waals surface area contributed by atoms with Crippen LogP contribution in [0.15, 0.2) is 29.2 Å². The number of hydrogen-bond donors (Lipinski definition) is 0. The van der Waals surface area contributed by atoms with E-state index in [1.54, 1.807) is 29.0 Å².